The van der Waals surface area contributed by atoms with E-state index in [2.05, 4.69) is 49.0 Å². The van der Waals surface area contributed by atoms with Crippen molar-refractivity contribution in [2.75, 3.05) is 17.6 Å². The maximum Gasteiger partial charge on any atom is 0.134 e. The van der Waals surface area contributed by atoms with Crippen LogP contribution in [0.4, 0.5) is 5.82 Å². The molecule has 18 heavy (non-hydrogen) atoms. The summed E-state index contributed by atoms with van der Waals surface area (Å²) in [4.78, 5) is 9.16. The van der Waals surface area contributed by atoms with E-state index < -0.39 is 0 Å². The minimum atomic E-state index is 0.374. The standard InChI is InChI=1S/C14H25N3S/c1-5-7-8-9-18-13-10-12(15-6-2)16-14(17-13)11(3)4/h10-11H,5-9H2,1-4H3,(H,15,16,17). The van der Waals surface area contributed by atoms with E-state index in [-0.39, 0.29) is 0 Å². The van der Waals surface area contributed by atoms with E-state index in [1.165, 1.54) is 19.3 Å². The quantitative estimate of drug-likeness (QED) is 0.432. The summed E-state index contributed by atoms with van der Waals surface area (Å²) in [6, 6.07) is 2.06. The van der Waals surface area contributed by atoms with Crippen LogP contribution in [0, 0.1) is 0 Å². The Morgan fingerprint density at radius 3 is 2.61 bits per heavy atom. The third-order valence-corrected chi connectivity index (χ3v) is 3.59. The molecule has 0 unspecified atom stereocenters. The highest BCUT2D eigenvalue weighted by molar-refractivity contribution is 7.99. The smallest absolute Gasteiger partial charge is 0.134 e. The molecule has 1 N–H and O–H groups in total. The van der Waals surface area contributed by atoms with E-state index in [1.807, 2.05) is 11.8 Å². The minimum Gasteiger partial charge on any atom is -0.370 e. The van der Waals surface area contributed by atoms with Crippen LogP contribution in [0.25, 0.3) is 0 Å². The summed E-state index contributed by atoms with van der Waals surface area (Å²) >= 11 is 1.84. The number of unbranched alkanes of at least 4 members (excludes halogenated alkanes) is 2. The zero-order chi connectivity index (χ0) is 13.4. The van der Waals surface area contributed by atoms with Gasteiger partial charge in [0.05, 0.1) is 0 Å². The van der Waals surface area contributed by atoms with Crippen molar-refractivity contribution in [3.05, 3.63) is 11.9 Å². The number of hydrogen-bond acceptors (Lipinski definition) is 4. The molecule has 0 aromatic carbocycles. The molecule has 3 nitrogen and oxygen atoms in total. The summed E-state index contributed by atoms with van der Waals surface area (Å²) in [5, 5.41) is 4.38. The van der Waals surface area contributed by atoms with Gasteiger partial charge in [0.25, 0.3) is 0 Å². The lowest BCUT2D eigenvalue weighted by atomic mass is 10.2. The van der Waals surface area contributed by atoms with Crippen molar-refractivity contribution in [3.8, 4) is 0 Å². The van der Waals surface area contributed by atoms with Gasteiger partial charge >= 0.3 is 0 Å². The fraction of sp³-hybridized carbons (Fsp3) is 0.714. The highest BCUT2D eigenvalue weighted by Gasteiger charge is 2.08. The summed E-state index contributed by atoms with van der Waals surface area (Å²) in [7, 11) is 0. The molecule has 0 aliphatic carbocycles. The van der Waals surface area contributed by atoms with Gasteiger partial charge in [-0.2, -0.15) is 0 Å². The van der Waals surface area contributed by atoms with Gasteiger partial charge in [0.2, 0.25) is 0 Å². The Bertz CT molecular complexity index is 353. The molecule has 0 aliphatic heterocycles. The lowest BCUT2D eigenvalue weighted by Crippen LogP contribution is -2.05. The molecule has 0 aliphatic rings. The van der Waals surface area contributed by atoms with E-state index in [0.29, 0.717) is 5.92 Å². The van der Waals surface area contributed by atoms with E-state index in [9.17, 15) is 0 Å². The molecule has 0 spiro atoms. The molecule has 0 saturated heterocycles. The molecule has 1 aromatic heterocycles. The monoisotopic (exact) mass is 267 g/mol. The van der Waals surface area contributed by atoms with Crippen molar-refractivity contribution in [2.24, 2.45) is 0 Å². The molecule has 102 valence electrons. The van der Waals surface area contributed by atoms with Crippen LogP contribution in [0.3, 0.4) is 0 Å². The van der Waals surface area contributed by atoms with Gasteiger partial charge in [-0.3, -0.25) is 0 Å². The Morgan fingerprint density at radius 2 is 2.00 bits per heavy atom. The van der Waals surface area contributed by atoms with Crippen LogP contribution in [0.2, 0.25) is 0 Å². The lowest BCUT2D eigenvalue weighted by molar-refractivity contribution is 0.752. The number of nitrogens with one attached hydrogen (secondary N) is 1. The van der Waals surface area contributed by atoms with Crippen molar-refractivity contribution in [2.45, 2.75) is 57.9 Å². The number of hydrogen-bond donors (Lipinski definition) is 1. The number of nitrogens with zero attached hydrogens (tertiary/aromatic N) is 2. The fourth-order valence-corrected chi connectivity index (χ4v) is 2.49. The third-order valence-electron chi connectivity index (χ3n) is 2.59. The van der Waals surface area contributed by atoms with Crippen LogP contribution < -0.4 is 5.32 Å². The second kappa shape index (κ2) is 8.35. The minimum absolute atomic E-state index is 0.374. The fourth-order valence-electron chi connectivity index (χ4n) is 1.58. The Balaban J connectivity index is 2.69. The summed E-state index contributed by atoms with van der Waals surface area (Å²) in [6.45, 7) is 9.49. The highest BCUT2D eigenvalue weighted by atomic mass is 32.2. The predicted molar refractivity (Wildman–Crippen MR) is 80.5 cm³/mol. The molecule has 0 fully saturated rings. The Kier molecular flexibility index (Phi) is 7.09. The molecule has 0 atom stereocenters. The number of rotatable bonds is 8. The third kappa shape index (κ3) is 5.25. The summed E-state index contributed by atoms with van der Waals surface area (Å²) < 4.78 is 0. The van der Waals surface area contributed by atoms with E-state index >= 15 is 0 Å². The van der Waals surface area contributed by atoms with Gasteiger partial charge in [-0.1, -0.05) is 33.6 Å². The largest absolute Gasteiger partial charge is 0.370 e. The van der Waals surface area contributed by atoms with Crippen LogP contribution in [-0.2, 0) is 0 Å². The SMILES string of the molecule is CCCCCSc1cc(NCC)nc(C(C)C)n1. The van der Waals surface area contributed by atoms with Crippen LogP contribution in [0.1, 0.15) is 58.7 Å². The van der Waals surface area contributed by atoms with Gasteiger partial charge in [-0.25, -0.2) is 9.97 Å². The van der Waals surface area contributed by atoms with E-state index in [1.54, 1.807) is 0 Å². The van der Waals surface area contributed by atoms with Crippen molar-refractivity contribution >= 4 is 17.6 Å². The maximum atomic E-state index is 4.62. The van der Waals surface area contributed by atoms with Crippen molar-refractivity contribution in [1.82, 2.24) is 9.97 Å². The summed E-state index contributed by atoms with van der Waals surface area (Å²) in [5.74, 6) is 3.41. The van der Waals surface area contributed by atoms with Crippen molar-refractivity contribution in [3.63, 3.8) is 0 Å². The van der Waals surface area contributed by atoms with Crippen LogP contribution in [0.5, 0.6) is 0 Å². The molecular weight excluding hydrogens is 242 g/mol. The molecule has 1 rings (SSSR count). The molecule has 0 bridgehead atoms. The summed E-state index contributed by atoms with van der Waals surface area (Å²) in [5.41, 5.74) is 0. The van der Waals surface area contributed by atoms with Crippen molar-refractivity contribution < 1.29 is 0 Å². The van der Waals surface area contributed by atoms with Gasteiger partial charge in [0, 0.05) is 18.5 Å². The summed E-state index contributed by atoms with van der Waals surface area (Å²) in [6.07, 6.45) is 3.83. The van der Waals surface area contributed by atoms with Crippen LogP contribution in [-0.4, -0.2) is 22.3 Å². The first-order valence-corrected chi connectivity index (χ1v) is 7.91. The number of thioether (sulfide) groups is 1. The van der Waals surface area contributed by atoms with Crippen molar-refractivity contribution in [1.29, 1.82) is 0 Å². The zero-order valence-electron chi connectivity index (χ0n) is 12.0. The van der Waals surface area contributed by atoms with Gasteiger partial charge in [0.15, 0.2) is 0 Å². The van der Waals surface area contributed by atoms with Gasteiger partial charge in [0.1, 0.15) is 16.7 Å². The maximum absolute atomic E-state index is 4.62. The highest BCUT2D eigenvalue weighted by Crippen LogP contribution is 2.22. The Hall–Kier alpha value is -0.770. The molecule has 0 amide bonds. The second-order valence-corrected chi connectivity index (χ2v) is 5.81. The first-order chi connectivity index (χ1) is 8.67. The zero-order valence-corrected chi connectivity index (χ0v) is 12.8. The normalized spacial score (nSPS) is 10.9. The molecule has 0 radical (unpaired) electrons. The average molecular weight is 267 g/mol. The first kappa shape index (κ1) is 15.3. The molecule has 1 aromatic rings. The van der Waals surface area contributed by atoms with Gasteiger partial charge in [-0.05, 0) is 19.1 Å². The average Bonchev–Trinajstić information content (AvgIpc) is 2.35. The number of anilines is 1. The topological polar surface area (TPSA) is 37.8 Å². The van der Waals surface area contributed by atoms with Crippen LogP contribution in [0.15, 0.2) is 11.1 Å². The predicted octanol–water partition coefficient (Wildman–Crippen LogP) is 4.31. The molecule has 4 heteroatoms. The Labute approximate surface area is 115 Å². The molecule has 1 heterocycles. The van der Waals surface area contributed by atoms with Crippen LogP contribution >= 0.6 is 11.8 Å². The van der Waals surface area contributed by atoms with E-state index in [4.69, 9.17) is 0 Å². The number of aromatic nitrogens is 2. The van der Waals surface area contributed by atoms with E-state index in [0.717, 1.165) is 29.0 Å². The molecule has 0 saturated carbocycles. The first-order valence-electron chi connectivity index (χ1n) is 6.93. The second-order valence-electron chi connectivity index (χ2n) is 4.69. The Morgan fingerprint density at radius 1 is 1.22 bits per heavy atom. The van der Waals surface area contributed by atoms with Gasteiger partial charge < -0.3 is 5.32 Å². The van der Waals surface area contributed by atoms with Gasteiger partial charge in [-0.15, -0.1) is 11.8 Å². The lowest BCUT2D eigenvalue weighted by Gasteiger charge is -2.10. The molecular formula is C14H25N3S.